The van der Waals surface area contributed by atoms with Crippen molar-refractivity contribution < 1.29 is 0 Å². The normalized spacial score (nSPS) is 17.6. The summed E-state index contributed by atoms with van der Waals surface area (Å²) in [7, 11) is 1.85. The molecule has 0 aliphatic carbocycles. The Morgan fingerprint density at radius 3 is 2.88 bits per heavy atom. The summed E-state index contributed by atoms with van der Waals surface area (Å²) in [5, 5.41) is 0. The second-order valence-corrected chi connectivity index (χ2v) is 1.54. The summed E-state index contributed by atoms with van der Waals surface area (Å²) < 4.78 is 0. The van der Waals surface area contributed by atoms with Gasteiger partial charge in [-0.15, -0.1) is 0 Å². The fourth-order valence-corrected chi connectivity index (χ4v) is 0.388. The molecule has 8 heavy (non-hydrogen) atoms. The first-order valence-electron chi connectivity index (χ1n) is 2.28. The molecule has 3 nitrogen and oxygen atoms in total. The predicted octanol–water partition coefficient (Wildman–Crippen LogP) is 0.460. The maximum absolute atomic E-state index is 3.82. The summed E-state index contributed by atoms with van der Waals surface area (Å²) in [4.78, 5) is 9.33. The summed E-state index contributed by atoms with van der Waals surface area (Å²) in [6.07, 6.45) is 3.14. The van der Waals surface area contributed by atoms with Crippen molar-refractivity contribution in [3.05, 3.63) is 12.4 Å². The molecule has 0 saturated carbocycles. The van der Waals surface area contributed by atoms with Gasteiger partial charge in [0.1, 0.15) is 12.2 Å². The molecule has 0 aromatic rings. The van der Waals surface area contributed by atoms with Crippen LogP contribution in [0.15, 0.2) is 22.4 Å². The molecule has 0 atom stereocenters. The lowest BCUT2D eigenvalue weighted by Crippen LogP contribution is -2.15. The molecule has 1 heterocycles. The van der Waals surface area contributed by atoms with Gasteiger partial charge >= 0.3 is 0 Å². The molecule has 3 heteroatoms. The Labute approximate surface area is 48.1 Å². The molecule has 1 aliphatic heterocycles. The number of aliphatic imine (C=N–C) groups is 2. The van der Waals surface area contributed by atoms with Crippen LogP contribution in [0.25, 0.3) is 0 Å². The Bertz CT molecular complexity index is 157. The topological polar surface area (TPSA) is 28.0 Å². The lowest BCUT2D eigenvalue weighted by atomic mass is 10.7. The van der Waals surface area contributed by atoms with E-state index in [9.17, 15) is 0 Å². The SMILES string of the molecule is C=C1N=CN=CN1C. The van der Waals surface area contributed by atoms with Crippen LogP contribution in [0, 0.1) is 0 Å². The van der Waals surface area contributed by atoms with Crippen molar-refractivity contribution in [3.63, 3.8) is 0 Å². The molecule has 0 radical (unpaired) electrons. The molecule has 0 fully saturated rings. The van der Waals surface area contributed by atoms with Crippen molar-refractivity contribution in [2.24, 2.45) is 9.98 Å². The van der Waals surface area contributed by atoms with Crippen molar-refractivity contribution in [2.45, 2.75) is 0 Å². The summed E-state index contributed by atoms with van der Waals surface area (Å²) in [6.45, 7) is 3.63. The highest BCUT2D eigenvalue weighted by atomic mass is 15.2. The highest BCUT2D eigenvalue weighted by molar-refractivity contribution is 5.75. The van der Waals surface area contributed by atoms with Crippen molar-refractivity contribution in [3.8, 4) is 0 Å². The zero-order chi connectivity index (χ0) is 5.98. The third-order valence-electron chi connectivity index (χ3n) is 0.920. The van der Waals surface area contributed by atoms with E-state index >= 15 is 0 Å². The number of rotatable bonds is 0. The predicted molar refractivity (Wildman–Crippen MR) is 33.9 cm³/mol. The lowest BCUT2D eigenvalue weighted by molar-refractivity contribution is 0.635. The van der Waals surface area contributed by atoms with Crippen LogP contribution in [0.1, 0.15) is 0 Å². The maximum atomic E-state index is 3.82. The van der Waals surface area contributed by atoms with Gasteiger partial charge in [-0.25, -0.2) is 9.98 Å². The molecule has 0 amide bonds. The third-order valence-corrected chi connectivity index (χ3v) is 0.920. The average molecular weight is 109 g/mol. The molecule has 0 aromatic carbocycles. The molecule has 42 valence electrons. The van der Waals surface area contributed by atoms with E-state index in [-0.39, 0.29) is 0 Å². The zero-order valence-corrected chi connectivity index (χ0v) is 4.70. The zero-order valence-electron chi connectivity index (χ0n) is 4.70. The fraction of sp³-hybridized carbons (Fsp3) is 0.200. The van der Waals surface area contributed by atoms with Gasteiger partial charge in [-0.1, -0.05) is 6.58 Å². The third kappa shape index (κ3) is 0.753. The van der Waals surface area contributed by atoms with Gasteiger partial charge in [0.15, 0.2) is 0 Å². The van der Waals surface area contributed by atoms with Gasteiger partial charge < -0.3 is 4.90 Å². The van der Waals surface area contributed by atoms with E-state index in [1.165, 1.54) is 6.34 Å². The van der Waals surface area contributed by atoms with E-state index in [1.54, 1.807) is 11.2 Å². The van der Waals surface area contributed by atoms with Gasteiger partial charge in [-0.3, -0.25) is 0 Å². The summed E-state index contributed by atoms with van der Waals surface area (Å²) >= 11 is 0. The van der Waals surface area contributed by atoms with Crippen molar-refractivity contribution in [1.82, 2.24) is 4.90 Å². The van der Waals surface area contributed by atoms with Crippen LogP contribution in [0.5, 0.6) is 0 Å². The Balaban J connectivity index is 2.74. The van der Waals surface area contributed by atoms with Gasteiger partial charge in [-0.05, 0) is 0 Å². The van der Waals surface area contributed by atoms with Crippen LogP contribution in [0.4, 0.5) is 0 Å². The second kappa shape index (κ2) is 1.78. The van der Waals surface area contributed by atoms with Crippen molar-refractivity contribution in [1.29, 1.82) is 0 Å². The van der Waals surface area contributed by atoms with Gasteiger partial charge in [0, 0.05) is 7.05 Å². The molecule has 1 aliphatic rings. The first kappa shape index (κ1) is 5.03. The van der Waals surface area contributed by atoms with Crippen LogP contribution in [-0.2, 0) is 0 Å². The van der Waals surface area contributed by atoms with Gasteiger partial charge in [-0.2, -0.15) is 0 Å². The minimum absolute atomic E-state index is 0.722. The van der Waals surface area contributed by atoms with E-state index in [2.05, 4.69) is 16.6 Å². The molecule has 0 spiro atoms. The summed E-state index contributed by atoms with van der Waals surface area (Å²) in [6, 6.07) is 0. The van der Waals surface area contributed by atoms with E-state index in [1.807, 2.05) is 7.05 Å². The number of hydrogen-bond acceptors (Lipinski definition) is 3. The summed E-state index contributed by atoms with van der Waals surface area (Å²) in [5.74, 6) is 0.722. The first-order valence-corrected chi connectivity index (χ1v) is 2.28. The standard InChI is InChI=1S/C5H7N3/c1-5-7-3-6-4-8(5)2/h3-4H,1H2,2H3. The molecular formula is C5H7N3. The van der Waals surface area contributed by atoms with Gasteiger partial charge in [0.2, 0.25) is 0 Å². The monoisotopic (exact) mass is 109 g/mol. The van der Waals surface area contributed by atoms with Crippen LogP contribution < -0.4 is 0 Å². The highest BCUT2D eigenvalue weighted by Gasteiger charge is 1.96. The van der Waals surface area contributed by atoms with E-state index in [4.69, 9.17) is 0 Å². The molecular weight excluding hydrogens is 102 g/mol. The molecule has 0 bridgehead atoms. The van der Waals surface area contributed by atoms with Gasteiger partial charge in [0.25, 0.3) is 0 Å². The minimum Gasteiger partial charge on any atom is -0.321 e. The largest absolute Gasteiger partial charge is 0.321 e. The number of nitrogens with zero attached hydrogens (tertiary/aromatic N) is 3. The first-order chi connectivity index (χ1) is 3.80. The van der Waals surface area contributed by atoms with Crippen molar-refractivity contribution >= 4 is 12.7 Å². The Morgan fingerprint density at radius 1 is 1.75 bits per heavy atom. The maximum Gasteiger partial charge on any atom is 0.127 e. The molecule has 1 rings (SSSR count). The molecule has 0 N–H and O–H groups in total. The van der Waals surface area contributed by atoms with Crippen LogP contribution in [0.2, 0.25) is 0 Å². The molecule has 0 saturated heterocycles. The van der Waals surface area contributed by atoms with Gasteiger partial charge in [0.05, 0.1) is 6.34 Å². The Morgan fingerprint density at radius 2 is 2.50 bits per heavy atom. The fourth-order valence-electron chi connectivity index (χ4n) is 0.388. The van der Waals surface area contributed by atoms with Crippen LogP contribution in [-0.4, -0.2) is 24.6 Å². The minimum atomic E-state index is 0.722. The highest BCUT2D eigenvalue weighted by Crippen LogP contribution is 1.98. The van der Waals surface area contributed by atoms with Crippen LogP contribution in [0.3, 0.4) is 0 Å². The number of hydrogen-bond donors (Lipinski definition) is 0. The molecule has 0 aromatic heterocycles. The lowest BCUT2D eigenvalue weighted by Gasteiger charge is -2.12. The van der Waals surface area contributed by atoms with Crippen LogP contribution >= 0.6 is 0 Å². The Hall–Kier alpha value is -1.12. The summed E-state index contributed by atoms with van der Waals surface area (Å²) in [5.41, 5.74) is 0. The Kier molecular flexibility index (Phi) is 1.12. The smallest absolute Gasteiger partial charge is 0.127 e. The quantitative estimate of drug-likeness (QED) is 0.444. The van der Waals surface area contributed by atoms with E-state index < -0.39 is 0 Å². The molecule has 0 unspecified atom stereocenters. The average Bonchev–Trinajstić information content (AvgIpc) is 1.77. The van der Waals surface area contributed by atoms with E-state index in [0.29, 0.717) is 0 Å². The second-order valence-electron chi connectivity index (χ2n) is 1.54. The van der Waals surface area contributed by atoms with E-state index in [0.717, 1.165) is 5.82 Å². The van der Waals surface area contributed by atoms with Crippen molar-refractivity contribution in [2.75, 3.05) is 7.05 Å².